The Morgan fingerprint density at radius 1 is 1.48 bits per heavy atom. The molecule has 1 atom stereocenters. The van der Waals surface area contributed by atoms with Gasteiger partial charge in [0, 0.05) is 39.7 Å². The fourth-order valence-corrected chi connectivity index (χ4v) is 3.87. The van der Waals surface area contributed by atoms with Crippen molar-refractivity contribution in [2.24, 2.45) is 4.99 Å². The Kier molecular flexibility index (Phi) is 7.65. The third-order valence-corrected chi connectivity index (χ3v) is 5.46. The molecule has 1 aliphatic heterocycles. The van der Waals surface area contributed by atoms with Gasteiger partial charge in [-0.15, -0.1) is 10.2 Å². The van der Waals surface area contributed by atoms with Crippen LogP contribution >= 0.6 is 11.3 Å². The second-order valence-corrected chi connectivity index (χ2v) is 7.64. The standard InChI is InChI=1S/C19H30N6OS/c1-3-18-23-22-15-25(18)9-8-20-19(21-12-17-6-4-5-10-26-17)24(2)13-16-7-11-27-14-16/h7,11,14-15,17H,3-6,8-10,12-13H2,1-2H3,(H,20,21). The van der Waals surface area contributed by atoms with Gasteiger partial charge in [-0.1, -0.05) is 6.92 Å². The number of guanidine groups is 1. The monoisotopic (exact) mass is 390 g/mol. The van der Waals surface area contributed by atoms with Gasteiger partial charge in [0.05, 0.1) is 12.6 Å². The van der Waals surface area contributed by atoms with E-state index in [1.165, 1.54) is 18.4 Å². The Morgan fingerprint density at radius 2 is 2.41 bits per heavy atom. The summed E-state index contributed by atoms with van der Waals surface area (Å²) in [5.74, 6) is 1.93. The van der Waals surface area contributed by atoms with Crippen LogP contribution in [0.4, 0.5) is 0 Å². The fourth-order valence-electron chi connectivity index (χ4n) is 3.21. The van der Waals surface area contributed by atoms with Crippen LogP contribution in [0.2, 0.25) is 0 Å². The number of hydrogen-bond donors (Lipinski definition) is 1. The molecule has 0 saturated carbocycles. The van der Waals surface area contributed by atoms with E-state index in [0.29, 0.717) is 6.54 Å². The highest BCUT2D eigenvalue weighted by Gasteiger charge is 2.15. The number of nitrogens with one attached hydrogen (secondary N) is 1. The quantitative estimate of drug-likeness (QED) is 0.554. The second-order valence-electron chi connectivity index (χ2n) is 6.86. The zero-order valence-corrected chi connectivity index (χ0v) is 17.1. The number of ether oxygens (including phenoxy) is 1. The van der Waals surface area contributed by atoms with Crippen LogP contribution in [0.15, 0.2) is 28.1 Å². The topological polar surface area (TPSA) is 67.6 Å². The molecule has 148 valence electrons. The summed E-state index contributed by atoms with van der Waals surface area (Å²) in [5.41, 5.74) is 1.30. The highest BCUT2D eigenvalue weighted by Crippen LogP contribution is 2.13. The Morgan fingerprint density at radius 3 is 3.15 bits per heavy atom. The average Bonchev–Trinajstić information content (AvgIpc) is 3.36. The first-order chi connectivity index (χ1) is 13.3. The number of hydrogen-bond acceptors (Lipinski definition) is 5. The molecule has 0 aliphatic carbocycles. The Balaban J connectivity index is 1.58. The van der Waals surface area contributed by atoms with Crippen LogP contribution in [0.3, 0.4) is 0 Å². The van der Waals surface area contributed by atoms with Crippen molar-refractivity contribution in [2.75, 3.05) is 26.7 Å². The molecule has 8 heteroatoms. The van der Waals surface area contributed by atoms with Crippen LogP contribution in [0.25, 0.3) is 0 Å². The molecule has 0 aromatic carbocycles. The number of aryl methyl sites for hydroxylation is 1. The van der Waals surface area contributed by atoms with Gasteiger partial charge in [0.25, 0.3) is 0 Å². The van der Waals surface area contributed by atoms with Crippen molar-refractivity contribution in [3.63, 3.8) is 0 Å². The Labute approximate surface area is 165 Å². The fraction of sp³-hybridized carbons (Fsp3) is 0.632. The first kappa shape index (κ1) is 19.8. The van der Waals surface area contributed by atoms with E-state index in [2.05, 4.69) is 55.8 Å². The van der Waals surface area contributed by atoms with Crippen LogP contribution in [0.1, 0.15) is 37.6 Å². The van der Waals surface area contributed by atoms with Crippen molar-refractivity contribution < 1.29 is 4.74 Å². The number of nitrogens with zero attached hydrogens (tertiary/aromatic N) is 5. The molecular weight excluding hydrogens is 360 g/mol. The lowest BCUT2D eigenvalue weighted by Gasteiger charge is -2.25. The Bertz CT molecular complexity index is 693. The summed E-state index contributed by atoms with van der Waals surface area (Å²) in [6.45, 7) is 6.11. The highest BCUT2D eigenvalue weighted by atomic mass is 32.1. The molecule has 2 aromatic heterocycles. The number of thiophene rings is 1. The summed E-state index contributed by atoms with van der Waals surface area (Å²) < 4.78 is 7.93. The molecule has 7 nitrogen and oxygen atoms in total. The summed E-state index contributed by atoms with van der Waals surface area (Å²) in [7, 11) is 2.08. The molecule has 1 N–H and O–H groups in total. The lowest BCUT2D eigenvalue weighted by Crippen LogP contribution is -2.40. The predicted octanol–water partition coefficient (Wildman–Crippen LogP) is 2.55. The average molecular weight is 391 g/mol. The van der Waals surface area contributed by atoms with Gasteiger partial charge in [-0.2, -0.15) is 11.3 Å². The largest absolute Gasteiger partial charge is 0.376 e. The van der Waals surface area contributed by atoms with Crippen LogP contribution < -0.4 is 5.32 Å². The molecule has 2 aromatic rings. The van der Waals surface area contributed by atoms with Crippen LogP contribution in [0, 0.1) is 0 Å². The van der Waals surface area contributed by atoms with E-state index in [0.717, 1.165) is 50.9 Å². The molecule has 27 heavy (non-hydrogen) atoms. The maximum atomic E-state index is 5.84. The first-order valence-corrected chi connectivity index (χ1v) is 10.7. The van der Waals surface area contributed by atoms with Crippen molar-refractivity contribution in [1.82, 2.24) is 25.0 Å². The molecule has 0 radical (unpaired) electrons. The zero-order chi connectivity index (χ0) is 18.9. The van der Waals surface area contributed by atoms with Gasteiger partial charge in [-0.3, -0.25) is 4.99 Å². The molecule has 0 spiro atoms. The van der Waals surface area contributed by atoms with Gasteiger partial charge < -0.3 is 19.5 Å². The molecule has 1 saturated heterocycles. The molecular formula is C19H30N6OS. The van der Waals surface area contributed by atoms with Crippen molar-refractivity contribution in [3.8, 4) is 0 Å². The van der Waals surface area contributed by atoms with Gasteiger partial charge in [0.2, 0.25) is 0 Å². The van der Waals surface area contributed by atoms with E-state index < -0.39 is 0 Å². The van der Waals surface area contributed by atoms with Crippen molar-refractivity contribution in [2.45, 2.75) is 51.8 Å². The zero-order valence-electron chi connectivity index (χ0n) is 16.3. The van der Waals surface area contributed by atoms with Gasteiger partial charge in [0.15, 0.2) is 5.96 Å². The second kappa shape index (κ2) is 10.4. The summed E-state index contributed by atoms with van der Waals surface area (Å²) in [4.78, 5) is 7.04. The maximum absolute atomic E-state index is 5.84. The molecule has 1 aliphatic rings. The molecule has 3 heterocycles. The van der Waals surface area contributed by atoms with Crippen LogP contribution in [0.5, 0.6) is 0 Å². The lowest BCUT2D eigenvalue weighted by atomic mass is 10.1. The highest BCUT2D eigenvalue weighted by molar-refractivity contribution is 7.07. The van der Waals surface area contributed by atoms with E-state index in [9.17, 15) is 0 Å². The summed E-state index contributed by atoms with van der Waals surface area (Å²) in [6.07, 6.45) is 6.43. The molecule has 1 fully saturated rings. The van der Waals surface area contributed by atoms with E-state index in [4.69, 9.17) is 9.73 Å². The van der Waals surface area contributed by atoms with Crippen molar-refractivity contribution in [3.05, 3.63) is 34.5 Å². The molecule has 0 bridgehead atoms. The third-order valence-electron chi connectivity index (χ3n) is 4.73. The van der Waals surface area contributed by atoms with Crippen LogP contribution in [-0.4, -0.2) is 58.5 Å². The number of aromatic nitrogens is 3. The minimum absolute atomic E-state index is 0.245. The minimum Gasteiger partial charge on any atom is -0.376 e. The van der Waals surface area contributed by atoms with Gasteiger partial charge in [-0.25, -0.2) is 0 Å². The van der Waals surface area contributed by atoms with Gasteiger partial charge in [0.1, 0.15) is 12.2 Å². The third kappa shape index (κ3) is 6.04. The first-order valence-electron chi connectivity index (χ1n) is 9.75. The predicted molar refractivity (Wildman–Crippen MR) is 109 cm³/mol. The number of rotatable bonds is 8. The Hall–Kier alpha value is -1.93. The lowest BCUT2D eigenvalue weighted by molar-refractivity contribution is 0.0223. The minimum atomic E-state index is 0.245. The number of aliphatic imine (C=N–C) groups is 1. The van der Waals surface area contributed by atoms with E-state index in [-0.39, 0.29) is 6.10 Å². The van der Waals surface area contributed by atoms with Gasteiger partial charge in [-0.05, 0) is 41.7 Å². The molecule has 3 rings (SSSR count). The summed E-state index contributed by atoms with van der Waals surface area (Å²) >= 11 is 1.73. The molecule has 0 amide bonds. The summed E-state index contributed by atoms with van der Waals surface area (Å²) in [5, 5.41) is 16.0. The van der Waals surface area contributed by atoms with Crippen molar-refractivity contribution >= 4 is 17.3 Å². The van der Waals surface area contributed by atoms with E-state index >= 15 is 0 Å². The van der Waals surface area contributed by atoms with Crippen molar-refractivity contribution in [1.29, 1.82) is 0 Å². The summed E-state index contributed by atoms with van der Waals surface area (Å²) in [6, 6.07) is 2.16. The van der Waals surface area contributed by atoms with Gasteiger partial charge >= 0.3 is 0 Å². The van der Waals surface area contributed by atoms with Crippen LogP contribution in [-0.2, 0) is 24.2 Å². The van der Waals surface area contributed by atoms with E-state index in [1.807, 2.05) is 0 Å². The molecule has 1 unspecified atom stereocenters. The smallest absolute Gasteiger partial charge is 0.194 e. The SMILES string of the molecule is CCc1nncn1CCNC(=NCC1CCCCO1)N(C)Cc1ccsc1. The van der Waals surface area contributed by atoms with E-state index in [1.54, 1.807) is 17.7 Å². The normalized spacial score (nSPS) is 17.9. The maximum Gasteiger partial charge on any atom is 0.194 e.